The number of amides is 2. The number of rotatable bonds is 7. The Bertz CT molecular complexity index is 848. The summed E-state index contributed by atoms with van der Waals surface area (Å²) in [5, 5.41) is 16.2. The fourth-order valence-corrected chi connectivity index (χ4v) is 2.27. The van der Waals surface area contributed by atoms with Crippen LogP contribution in [0.1, 0.15) is 23.2 Å². The number of anilines is 1. The number of non-ortho nitro benzene ring substituents is 1. The lowest BCUT2D eigenvalue weighted by molar-refractivity contribution is -0.384. The maximum atomic E-state index is 12.0. The number of nitro groups is 1. The average Bonchev–Trinajstić information content (AvgIpc) is 3.44. The third-order valence-corrected chi connectivity index (χ3v) is 3.72. The van der Waals surface area contributed by atoms with E-state index in [0.29, 0.717) is 11.3 Å². The van der Waals surface area contributed by atoms with Crippen molar-refractivity contribution in [1.29, 1.82) is 0 Å². The molecule has 0 bridgehead atoms. The normalized spacial score (nSPS) is 12.9. The summed E-state index contributed by atoms with van der Waals surface area (Å²) in [5.41, 5.74) is 0.827. The van der Waals surface area contributed by atoms with Crippen molar-refractivity contribution >= 4 is 23.2 Å². The van der Waals surface area contributed by atoms with Crippen molar-refractivity contribution in [1.82, 2.24) is 5.32 Å². The number of nitro benzene ring substituents is 1. The fraction of sp³-hybridized carbons (Fsp3) is 0.222. The summed E-state index contributed by atoms with van der Waals surface area (Å²) in [7, 11) is 0. The predicted octanol–water partition coefficient (Wildman–Crippen LogP) is 2.50. The topological polar surface area (TPSA) is 111 Å². The minimum atomic E-state index is -0.537. The maximum absolute atomic E-state index is 12.0. The lowest BCUT2D eigenvalue weighted by Gasteiger charge is -2.09. The second-order valence-electron chi connectivity index (χ2n) is 5.92. The number of carbonyl (C=O) groups excluding carboxylic acids is 2. The molecule has 8 nitrogen and oxygen atoms in total. The molecule has 0 saturated heterocycles. The molecule has 26 heavy (non-hydrogen) atoms. The van der Waals surface area contributed by atoms with Crippen molar-refractivity contribution in [3.8, 4) is 5.75 Å². The number of nitrogens with zero attached hydrogens (tertiary/aromatic N) is 1. The van der Waals surface area contributed by atoms with Crippen LogP contribution >= 0.6 is 0 Å². The first kappa shape index (κ1) is 17.4. The van der Waals surface area contributed by atoms with E-state index in [4.69, 9.17) is 4.74 Å². The third-order valence-electron chi connectivity index (χ3n) is 3.72. The predicted molar refractivity (Wildman–Crippen MR) is 94.2 cm³/mol. The highest BCUT2D eigenvalue weighted by molar-refractivity contribution is 5.97. The quantitative estimate of drug-likeness (QED) is 0.586. The van der Waals surface area contributed by atoms with E-state index in [1.807, 2.05) is 0 Å². The summed E-state index contributed by atoms with van der Waals surface area (Å²) in [6.45, 7) is -0.306. The van der Waals surface area contributed by atoms with Crippen LogP contribution in [0.3, 0.4) is 0 Å². The second-order valence-corrected chi connectivity index (χ2v) is 5.92. The van der Waals surface area contributed by atoms with Crippen LogP contribution < -0.4 is 15.4 Å². The molecule has 2 aromatic carbocycles. The van der Waals surface area contributed by atoms with E-state index in [1.165, 1.54) is 24.3 Å². The molecule has 2 N–H and O–H groups in total. The Morgan fingerprint density at radius 2 is 1.92 bits per heavy atom. The van der Waals surface area contributed by atoms with Crippen molar-refractivity contribution in [2.45, 2.75) is 18.9 Å². The van der Waals surface area contributed by atoms with Gasteiger partial charge < -0.3 is 15.4 Å². The number of ether oxygens (including phenoxy) is 1. The first-order chi connectivity index (χ1) is 12.5. The lowest BCUT2D eigenvalue weighted by atomic mass is 10.2. The van der Waals surface area contributed by atoms with Crippen molar-refractivity contribution < 1.29 is 19.2 Å². The highest BCUT2D eigenvalue weighted by atomic mass is 16.6. The molecule has 2 amide bonds. The summed E-state index contributed by atoms with van der Waals surface area (Å²) >= 11 is 0. The number of benzene rings is 2. The van der Waals surface area contributed by atoms with Gasteiger partial charge in [-0.25, -0.2) is 0 Å². The number of hydrogen-bond acceptors (Lipinski definition) is 5. The molecule has 0 atom stereocenters. The van der Waals surface area contributed by atoms with Gasteiger partial charge in [-0.3, -0.25) is 19.7 Å². The largest absolute Gasteiger partial charge is 0.484 e. The van der Waals surface area contributed by atoms with Gasteiger partial charge in [0, 0.05) is 23.4 Å². The minimum absolute atomic E-state index is 0.114. The van der Waals surface area contributed by atoms with E-state index in [0.717, 1.165) is 12.8 Å². The molecule has 1 fully saturated rings. The Hall–Kier alpha value is -3.42. The van der Waals surface area contributed by atoms with Crippen LogP contribution in [0.2, 0.25) is 0 Å². The van der Waals surface area contributed by atoms with E-state index in [1.54, 1.807) is 24.3 Å². The maximum Gasteiger partial charge on any atom is 0.273 e. The zero-order chi connectivity index (χ0) is 18.5. The molecule has 3 rings (SSSR count). The van der Waals surface area contributed by atoms with E-state index in [2.05, 4.69) is 10.6 Å². The molecule has 0 aliphatic heterocycles. The van der Waals surface area contributed by atoms with Gasteiger partial charge in [-0.05, 0) is 37.1 Å². The van der Waals surface area contributed by atoms with Gasteiger partial charge in [0.1, 0.15) is 5.75 Å². The second kappa shape index (κ2) is 7.64. The van der Waals surface area contributed by atoms with E-state index < -0.39 is 10.8 Å². The first-order valence-electron chi connectivity index (χ1n) is 8.09. The lowest BCUT2D eigenvalue weighted by Crippen LogP contribution is -2.25. The van der Waals surface area contributed by atoms with Gasteiger partial charge in [0.25, 0.3) is 17.5 Å². The highest BCUT2D eigenvalue weighted by Crippen LogP contribution is 2.20. The van der Waals surface area contributed by atoms with Gasteiger partial charge in [-0.15, -0.1) is 0 Å². The van der Waals surface area contributed by atoms with Crippen LogP contribution in [0.4, 0.5) is 11.4 Å². The zero-order valence-electron chi connectivity index (χ0n) is 13.8. The van der Waals surface area contributed by atoms with Gasteiger partial charge in [0.05, 0.1) is 11.0 Å². The summed E-state index contributed by atoms with van der Waals surface area (Å²) in [6.07, 6.45) is 1.99. The smallest absolute Gasteiger partial charge is 0.273 e. The molecule has 2 aromatic rings. The van der Waals surface area contributed by atoms with Gasteiger partial charge in [-0.1, -0.05) is 12.1 Å². The third kappa shape index (κ3) is 4.79. The van der Waals surface area contributed by atoms with Gasteiger partial charge in [-0.2, -0.15) is 0 Å². The standard InChI is InChI=1S/C18H17N3O5/c22-17(11-26-16-6-2-5-15(10-16)21(24)25)19-14-4-1-3-12(9-14)18(23)20-13-7-8-13/h1-6,9-10,13H,7-8,11H2,(H,19,22)(H,20,23). The Balaban J connectivity index is 1.55. The monoisotopic (exact) mass is 355 g/mol. The van der Waals surface area contributed by atoms with Gasteiger partial charge >= 0.3 is 0 Å². The van der Waals surface area contributed by atoms with Gasteiger partial charge in [0.15, 0.2) is 6.61 Å². The molecular weight excluding hydrogens is 338 g/mol. The number of carbonyl (C=O) groups is 2. The van der Waals surface area contributed by atoms with E-state index in [9.17, 15) is 19.7 Å². The molecule has 134 valence electrons. The molecule has 0 radical (unpaired) electrons. The molecule has 0 aromatic heterocycles. The Morgan fingerprint density at radius 3 is 2.65 bits per heavy atom. The Morgan fingerprint density at radius 1 is 1.15 bits per heavy atom. The summed E-state index contributed by atoms with van der Waals surface area (Å²) in [6, 6.07) is 12.5. The molecule has 1 saturated carbocycles. The zero-order valence-corrected chi connectivity index (χ0v) is 13.8. The van der Waals surface area contributed by atoms with Crippen LogP contribution in [0, 0.1) is 10.1 Å². The van der Waals surface area contributed by atoms with Crippen LogP contribution in [-0.4, -0.2) is 29.4 Å². The minimum Gasteiger partial charge on any atom is -0.484 e. The van der Waals surface area contributed by atoms with Crippen molar-refractivity contribution in [3.63, 3.8) is 0 Å². The SMILES string of the molecule is O=C(COc1cccc([N+](=O)[O-])c1)Nc1cccc(C(=O)NC2CC2)c1. The van der Waals surface area contributed by atoms with E-state index in [-0.39, 0.29) is 30.0 Å². The average molecular weight is 355 g/mol. The molecule has 0 spiro atoms. The van der Waals surface area contributed by atoms with E-state index >= 15 is 0 Å². The highest BCUT2D eigenvalue weighted by Gasteiger charge is 2.23. The van der Waals surface area contributed by atoms with Crippen LogP contribution in [-0.2, 0) is 4.79 Å². The molecule has 0 unspecified atom stereocenters. The summed E-state index contributed by atoms with van der Waals surface area (Å²) < 4.78 is 5.27. The Labute approximate surface area is 149 Å². The van der Waals surface area contributed by atoms with Crippen LogP contribution in [0.5, 0.6) is 5.75 Å². The van der Waals surface area contributed by atoms with Crippen LogP contribution in [0.25, 0.3) is 0 Å². The first-order valence-corrected chi connectivity index (χ1v) is 8.09. The summed E-state index contributed by atoms with van der Waals surface area (Å²) in [5.74, 6) is -0.375. The molecule has 0 heterocycles. The Kier molecular flexibility index (Phi) is 5.12. The molecule has 1 aliphatic carbocycles. The number of hydrogen-bond donors (Lipinski definition) is 2. The van der Waals surface area contributed by atoms with Gasteiger partial charge in [0.2, 0.25) is 0 Å². The number of nitrogens with one attached hydrogen (secondary N) is 2. The summed E-state index contributed by atoms with van der Waals surface area (Å²) in [4.78, 5) is 34.2. The molecule has 8 heteroatoms. The van der Waals surface area contributed by atoms with Crippen LogP contribution in [0.15, 0.2) is 48.5 Å². The van der Waals surface area contributed by atoms with Crippen molar-refractivity contribution in [3.05, 3.63) is 64.2 Å². The van der Waals surface area contributed by atoms with Crippen molar-refractivity contribution in [2.75, 3.05) is 11.9 Å². The molecular formula is C18H17N3O5. The van der Waals surface area contributed by atoms with Crippen molar-refractivity contribution in [2.24, 2.45) is 0 Å². The fourth-order valence-electron chi connectivity index (χ4n) is 2.27. The molecule has 1 aliphatic rings.